The first kappa shape index (κ1) is 21.8. The van der Waals surface area contributed by atoms with Crippen LogP contribution in [-0.2, 0) is 26.4 Å². The topological polar surface area (TPSA) is 49.9 Å². The van der Waals surface area contributed by atoms with Crippen molar-refractivity contribution in [1.29, 1.82) is 0 Å². The number of anilines is 1. The molecular weight excluding hydrogens is 408 g/mol. The lowest BCUT2D eigenvalue weighted by Gasteiger charge is -2.33. The summed E-state index contributed by atoms with van der Waals surface area (Å²) in [5.74, 6) is 1.39. The summed E-state index contributed by atoms with van der Waals surface area (Å²) in [6.45, 7) is 9.47. The second-order valence-electron chi connectivity index (χ2n) is 9.11. The summed E-state index contributed by atoms with van der Waals surface area (Å²) in [5.41, 5.74) is 4.12. The van der Waals surface area contributed by atoms with E-state index in [4.69, 9.17) is 4.74 Å². The van der Waals surface area contributed by atoms with E-state index in [1.807, 2.05) is 30.0 Å². The number of nitrogens with zero attached hydrogens (tertiary/aromatic N) is 2. The fourth-order valence-corrected chi connectivity index (χ4v) is 5.89. The maximum atomic E-state index is 13.9. The maximum Gasteiger partial charge on any atom is 0.268 e. The Kier molecular flexibility index (Phi) is 5.54. The Bertz CT molecular complexity index is 1010. The van der Waals surface area contributed by atoms with Gasteiger partial charge in [0.15, 0.2) is 4.87 Å². The van der Waals surface area contributed by atoms with Gasteiger partial charge in [-0.3, -0.25) is 9.59 Å². The number of thioether (sulfide) groups is 1. The first-order chi connectivity index (χ1) is 14.7. The number of benzene rings is 2. The van der Waals surface area contributed by atoms with Crippen LogP contribution in [0, 0.1) is 0 Å². The fraction of sp³-hybridized carbons (Fsp3) is 0.440. The number of carbonyl (C=O) groups is 2. The molecule has 1 unspecified atom stereocenters. The minimum absolute atomic E-state index is 0.00324. The predicted octanol–water partition coefficient (Wildman–Crippen LogP) is 4.68. The molecule has 0 saturated carbocycles. The quantitative estimate of drug-likeness (QED) is 0.696. The largest absolute Gasteiger partial charge is 0.497 e. The molecule has 6 heteroatoms. The third-order valence-electron chi connectivity index (χ3n) is 6.16. The molecule has 1 atom stereocenters. The van der Waals surface area contributed by atoms with Crippen molar-refractivity contribution in [3.8, 4) is 5.75 Å². The zero-order chi connectivity index (χ0) is 22.4. The van der Waals surface area contributed by atoms with Gasteiger partial charge >= 0.3 is 0 Å². The van der Waals surface area contributed by atoms with E-state index in [0.29, 0.717) is 25.3 Å². The molecule has 164 valence electrons. The summed E-state index contributed by atoms with van der Waals surface area (Å²) in [6, 6.07) is 14.2. The molecule has 2 aliphatic heterocycles. The molecule has 2 aromatic rings. The number of methoxy groups -OCH3 is 1. The lowest BCUT2D eigenvalue weighted by atomic mass is 9.87. The predicted molar refractivity (Wildman–Crippen MR) is 125 cm³/mol. The van der Waals surface area contributed by atoms with Crippen molar-refractivity contribution >= 4 is 29.3 Å². The van der Waals surface area contributed by atoms with Crippen LogP contribution in [0.5, 0.6) is 5.75 Å². The van der Waals surface area contributed by atoms with Crippen LogP contribution in [0.3, 0.4) is 0 Å². The molecule has 0 N–H and O–H groups in total. The molecule has 1 spiro atoms. The van der Waals surface area contributed by atoms with E-state index in [1.54, 1.807) is 23.8 Å². The van der Waals surface area contributed by atoms with Gasteiger partial charge in [-0.2, -0.15) is 0 Å². The van der Waals surface area contributed by atoms with Crippen molar-refractivity contribution in [1.82, 2.24) is 4.90 Å². The molecule has 2 heterocycles. The van der Waals surface area contributed by atoms with Crippen LogP contribution in [-0.4, -0.2) is 36.1 Å². The fourth-order valence-electron chi connectivity index (χ4n) is 4.42. The number of hydrogen-bond acceptors (Lipinski definition) is 4. The van der Waals surface area contributed by atoms with Gasteiger partial charge in [0.05, 0.1) is 19.3 Å². The number of amides is 2. The lowest BCUT2D eigenvalue weighted by Crippen LogP contribution is -2.50. The summed E-state index contributed by atoms with van der Waals surface area (Å²) in [5, 5.41) is 0. The molecule has 0 bridgehead atoms. The highest BCUT2D eigenvalue weighted by atomic mass is 32.2. The minimum Gasteiger partial charge on any atom is -0.497 e. The van der Waals surface area contributed by atoms with Crippen molar-refractivity contribution in [2.75, 3.05) is 24.3 Å². The second kappa shape index (κ2) is 7.90. The highest BCUT2D eigenvalue weighted by Crippen LogP contribution is 2.55. The van der Waals surface area contributed by atoms with Crippen LogP contribution in [0.4, 0.5) is 5.69 Å². The van der Waals surface area contributed by atoms with E-state index in [2.05, 4.69) is 45.0 Å². The monoisotopic (exact) mass is 438 g/mol. The van der Waals surface area contributed by atoms with Crippen molar-refractivity contribution in [3.63, 3.8) is 0 Å². The highest BCUT2D eigenvalue weighted by Gasteiger charge is 2.59. The van der Waals surface area contributed by atoms with Crippen molar-refractivity contribution in [2.24, 2.45) is 0 Å². The van der Waals surface area contributed by atoms with E-state index in [1.165, 1.54) is 5.56 Å². The van der Waals surface area contributed by atoms with E-state index >= 15 is 0 Å². The van der Waals surface area contributed by atoms with Crippen LogP contribution in [0.25, 0.3) is 0 Å². The average Bonchev–Trinajstić information content (AvgIpc) is 3.30. The second-order valence-corrected chi connectivity index (χ2v) is 10.4. The molecule has 2 aromatic carbocycles. The van der Waals surface area contributed by atoms with Gasteiger partial charge < -0.3 is 14.5 Å². The molecule has 2 amide bonds. The van der Waals surface area contributed by atoms with Crippen LogP contribution in [0.1, 0.15) is 50.8 Å². The average molecular weight is 439 g/mol. The Hall–Kier alpha value is -2.47. The van der Waals surface area contributed by atoms with Crippen molar-refractivity contribution in [2.45, 2.75) is 50.9 Å². The molecule has 31 heavy (non-hydrogen) atoms. The van der Waals surface area contributed by atoms with Crippen LogP contribution in [0.2, 0.25) is 0 Å². The van der Waals surface area contributed by atoms with Crippen molar-refractivity contribution in [3.05, 3.63) is 59.2 Å². The highest BCUT2D eigenvalue weighted by molar-refractivity contribution is 8.01. The summed E-state index contributed by atoms with van der Waals surface area (Å²) < 4.78 is 5.46. The van der Waals surface area contributed by atoms with Gasteiger partial charge in [0, 0.05) is 24.3 Å². The van der Waals surface area contributed by atoms with Gasteiger partial charge in [0.1, 0.15) is 5.75 Å². The Balaban J connectivity index is 1.76. The molecule has 0 aliphatic carbocycles. The zero-order valence-electron chi connectivity index (χ0n) is 18.9. The maximum absolute atomic E-state index is 13.9. The lowest BCUT2D eigenvalue weighted by molar-refractivity contribution is -0.139. The number of hydrogen-bond donors (Lipinski definition) is 0. The summed E-state index contributed by atoms with van der Waals surface area (Å²) in [6.07, 6.45) is 0.378. The minimum atomic E-state index is -0.998. The van der Waals surface area contributed by atoms with E-state index in [0.717, 1.165) is 22.6 Å². The summed E-state index contributed by atoms with van der Waals surface area (Å²) in [4.78, 5) is 29.3. The van der Waals surface area contributed by atoms with Gasteiger partial charge in [-0.15, -0.1) is 11.8 Å². The van der Waals surface area contributed by atoms with Gasteiger partial charge in [-0.25, -0.2) is 0 Å². The van der Waals surface area contributed by atoms with E-state index in [9.17, 15) is 9.59 Å². The molecule has 4 rings (SSSR count). The van der Waals surface area contributed by atoms with Crippen LogP contribution in [0.15, 0.2) is 42.5 Å². The zero-order valence-corrected chi connectivity index (χ0v) is 19.7. The van der Waals surface area contributed by atoms with Crippen molar-refractivity contribution < 1.29 is 14.3 Å². The van der Waals surface area contributed by atoms with E-state index in [-0.39, 0.29) is 17.2 Å². The number of fused-ring (bicyclic) bond motifs is 2. The van der Waals surface area contributed by atoms with Gasteiger partial charge in [-0.05, 0) is 34.7 Å². The molecule has 0 aromatic heterocycles. The normalized spacial score (nSPS) is 20.5. The Morgan fingerprint density at radius 3 is 2.48 bits per heavy atom. The SMILES string of the molecule is CCC(=O)N1CCSC12C(=O)N(Cc1ccc(C(C)(C)C)cc1)c1ccc(OC)cc12. The molecule has 0 radical (unpaired) electrons. The first-order valence-corrected chi connectivity index (χ1v) is 11.7. The third kappa shape index (κ3) is 3.51. The summed E-state index contributed by atoms with van der Waals surface area (Å²) in [7, 11) is 1.62. The Labute approximate surface area is 188 Å². The van der Waals surface area contributed by atoms with Crippen LogP contribution >= 0.6 is 11.8 Å². The van der Waals surface area contributed by atoms with Gasteiger partial charge in [0.25, 0.3) is 5.91 Å². The standard InChI is InChI=1S/C25H30N2O3S/c1-6-22(28)27-13-14-31-25(27)20-15-19(30-5)11-12-21(20)26(23(25)29)16-17-7-9-18(10-8-17)24(2,3)4/h7-12,15H,6,13-14,16H2,1-5H3. The molecule has 5 nitrogen and oxygen atoms in total. The first-order valence-electron chi connectivity index (χ1n) is 10.8. The van der Waals surface area contributed by atoms with Crippen LogP contribution < -0.4 is 9.64 Å². The number of rotatable bonds is 4. The van der Waals surface area contributed by atoms with Gasteiger partial charge in [0.2, 0.25) is 5.91 Å². The number of carbonyl (C=O) groups excluding carboxylic acids is 2. The smallest absolute Gasteiger partial charge is 0.268 e. The molecule has 1 fully saturated rings. The molecular formula is C25H30N2O3S. The summed E-state index contributed by atoms with van der Waals surface area (Å²) >= 11 is 1.55. The Morgan fingerprint density at radius 1 is 1.16 bits per heavy atom. The molecule has 2 aliphatic rings. The van der Waals surface area contributed by atoms with Gasteiger partial charge in [-0.1, -0.05) is 52.0 Å². The number of ether oxygens (including phenoxy) is 1. The molecule has 1 saturated heterocycles. The third-order valence-corrected chi connectivity index (χ3v) is 7.58. The van der Waals surface area contributed by atoms with E-state index < -0.39 is 4.87 Å². The Morgan fingerprint density at radius 2 is 1.87 bits per heavy atom.